The van der Waals surface area contributed by atoms with E-state index in [0.29, 0.717) is 5.41 Å². The maximum absolute atomic E-state index is 5.65. The predicted molar refractivity (Wildman–Crippen MR) is 53.7 cm³/mol. The van der Waals surface area contributed by atoms with Crippen LogP contribution < -0.4 is 0 Å². The fourth-order valence-electron chi connectivity index (χ4n) is 2.40. The summed E-state index contributed by atoms with van der Waals surface area (Å²) in [7, 11) is 0. The molecule has 74 valence electrons. The third-order valence-electron chi connectivity index (χ3n) is 3.32. The molecule has 1 heterocycles. The lowest BCUT2D eigenvalue weighted by Gasteiger charge is -2.42. The summed E-state index contributed by atoms with van der Waals surface area (Å²) in [5.41, 5.74) is 0.513. The zero-order valence-corrected chi connectivity index (χ0v) is 8.30. The summed E-state index contributed by atoms with van der Waals surface area (Å²) in [6.45, 7) is 9.00. The molecule has 2 heteroatoms. The van der Waals surface area contributed by atoms with Gasteiger partial charge in [0.15, 0.2) is 0 Å². The maximum atomic E-state index is 5.65. The van der Waals surface area contributed by atoms with Crippen molar-refractivity contribution in [3.8, 4) is 0 Å². The highest BCUT2D eigenvalue weighted by atomic mass is 16.5. The molecule has 0 aromatic carbocycles. The van der Waals surface area contributed by atoms with Crippen molar-refractivity contribution in [1.29, 1.82) is 0 Å². The molecule has 0 aromatic rings. The van der Waals surface area contributed by atoms with Crippen LogP contribution >= 0.6 is 0 Å². The average molecular weight is 181 g/mol. The minimum absolute atomic E-state index is 0.513. The molecule has 0 N–H and O–H groups in total. The highest BCUT2D eigenvalue weighted by molar-refractivity contribution is 4.92. The summed E-state index contributed by atoms with van der Waals surface area (Å²) >= 11 is 0. The van der Waals surface area contributed by atoms with Gasteiger partial charge in [-0.15, -0.1) is 6.58 Å². The van der Waals surface area contributed by atoms with E-state index < -0.39 is 0 Å². The smallest absolute Gasteiger partial charge is 0.0593 e. The van der Waals surface area contributed by atoms with Crippen molar-refractivity contribution < 1.29 is 4.74 Å². The molecule has 0 amide bonds. The summed E-state index contributed by atoms with van der Waals surface area (Å²) in [4.78, 5) is 2.47. The van der Waals surface area contributed by atoms with Crippen LogP contribution in [0.15, 0.2) is 12.7 Å². The SMILES string of the molecule is C=CCN1CCOCC2(CCC2)C1. The van der Waals surface area contributed by atoms with Crippen LogP contribution in [0.1, 0.15) is 19.3 Å². The zero-order chi connectivity index (χ0) is 9.15. The van der Waals surface area contributed by atoms with Gasteiger partial charge in [0, 0.05) is 25.0 Å². The predicted octanol–water partition coefficient (Wildman–Crippen LogP) is 1.67. The Morgan fingerprint density at radius 3 is 2.92 bits per heavy atom. The van der Waals surface area contributed by atoms with E-state index in [0.717, 1.165) is 26.3 Å². The first-order valence-electron chi connectivity index (χ1n) is 5.26. The molecule has 1 aliphatic carbocycles. The first kappa shape index (κ1) is 9.22. The van der Waals surface area contributed by atoms with E-state index in [1.807, 2.05) is 6.08 Å². The Hall–Kier alpha value is -0.340. The van der Waals surface area contributed by atoms with Crippen LogP contribution in [0, 0.1) is 5.41 Å². The Kier molecular flexibility index (Phi) is 2.70. The highest BCUT2D eigenvalue weighted by Gasteiger charge is 2.39. The van der Waals surface area contributed by atoms with Crippen LogP contribution in [0.25, 0.3) is 0 Å². The minimum Gasteiger partial charge on any atom is -0.379 e. The molecule has 0 radical (unpaired) electrons. The molecule has 2 fully saturated rings. The van der Waals surface area contributed by atoms with Crippen molar-refractivity contribution >= 4 is 0 Å². The summed E-state index contributed by atoms with van der Waals surface area (Å²) in [6.07, 6.45) is 6.12. The Morgan fingerprint density at radius 2 is 2.31 bits per heavy atom. The number of ether oxygens (including phenoxy) is 1. The van der Waals surface area contributed by atoms with E-state index in [4.69, 9.17) is 4.74 Å². The summed E-state index contributed by atoms with van der Waals surface area (Å²) in [6, 6.07) is 0. The zero-order valence-electron chi connectivity index (χ0n) is 8.30. The van der Waals surface area contributed by atoms with Crippen molar-refractivity contribution in [2.75, 3.05) is 32.8 Å². The van der Waals surface area contributed by atoms with Gasteiger partial charge in [-0.05, 0) is 12.8 Å². The van der Waals surface area contributed by atoms with Gasteiger partial charge in [0.1, 0.15) is 0 Å². The van der Waals surface area contributed by atoms with Gasteiger partial charge in [-0.2, -0.15) is 0 Å². The fraction of sp³-hybridized carbons (Fsp3) is 0.818. The molecular formula is C11H19NO. The maximum Gasteiger partial charge on any atom is 0.0593 e. The van der Waals surface area contributed by atoms with Gasteiger partial charge in [0.05, 0.1) is 13.2 Å². The molecule has 1 aliphatic heterocycles. The Labute approximate surface area is 80.6 Å². The van der Waals surface area contributed by atoms with Crippen molar-refractivity contribution in [3.63, 3.8) is 0 Å². The van der Waals surface area contributed by atoms with Gasteiger partial charge in [-0.3, -0.25) is 4.90 Å². The Balaban J connectivity index is 1.94. The van der Waals surface area contributed by atoms with Gasteiger partial charge < -0.3 is 4.74 Å². The lowest BCUT2D eigenvalue weighted by molar-refractivity contribution is 0.0110. The van der Waals surface area contributed by atoms with E-state index in [9.17, 15) is 0 Å². The molecule has 0 aromatic heterocycles. The van der Waals surface area contributed by atoms with Crippen LogP contribution in [0.4, 0.5) is 0 Å². The Morgan fingerprint density at radius 1 is 1.46 bits per heavy atom. The van der Waals surface area contributed by atoms with Crippen LogP contribution in [-0.2, 0) is 4.74 Å². The molecule has 0 bridgehead atoms. The number of hydrogen-bond donors (Lipinski definition) is 0. The third kappa shape index (κ3) is 1.94. The van der Waals surface area contributed by atoms with Crippen molar-refractivity contribution in [1.82, 2.24) is 4.90 Å². The molecule has 13 heavy (non-hydrogen) atoms. The van der Waals surface area contributed by atoms with E-state index >= 15 is 0 Å². The largest absolute Gasteiger partial charge is 0.379 e. The normalized spacial score (nSPS) is 28.0. The molecule has 0 unspecified atom stereocenters. The van der Waals surface area contributed by atoms with Gasteiger partial charge in [-0.25, -0.2) is 0 Å². The molecule has 2 rings (SSSR count). The lowest BCUT2D eigenvalue weighted by Crippen LogP contribution is -2.43. The van der Waals surface area contributed by atoms with E-state index in [-0.39, 0.29) is 0 Å². The number of hydrogen-bond acceptors (Lipinski definition) is 2. The van der Waals surface area contributed by atoms with Crippen LogP contribution in [0.5, 0.6) is 0 Å². The van der Waals surface area contributed by atoms with Gasteiger partial charge in [0.25, 0.3) is 0 Å². The summed E-state index contributed by atoms with van der Waals surface area (Å²) < 4.78 is 5.65. The van der Waals surface area contributed by atoms with Gasteiger partial charge in [-0.1, -0.05) is 12.5 Å². The van der Waals surface area contributed by atoms with Crippen molar-refractivity contribution in [3.05, 3.63) is 12.7 Å². The summed E-state index contributed by atoms with van der Waals surface area (Å²) in [5.74, 6) is 0. The molecule has 1 saturated heterocycles. The van der Waals surface area contributed by atoms with Crippen LogP contribution in [0.3, 0.4) is 0 Å². The van der Waals surface area contributed by atoms with E-state index in [2.05, 4.69) is 11.5 Å². The van der Waals surface area contributed by atoms with Crippen LogP contribution in [-0.4, -0.2) is 37.7 Å². The minimum atomic E-state index is 0.513. The molecular weight excluding hydrogens is 162 g/mol. The Bertz CT molecular complexity index is 187. The molecule has 2 aliphatic rings. The molecule has 1 spiro atoms. The molecule has 1 saturated carbocycles. The third-order valence-corrected chi connectivity index (χ3v) is 3.32. The van der Waals surface area contributed by atoms with E-state index in [1.165, 1.54) is 25.8 Å². The topological polar surface area (TPSA) is 12.5 Å². The first-order chi connectivity index (χ1) is 6.35. The average Bonchev–Trinajstić information content (AvgIpc) is 2.27. The summed E-state index contributed by atoms with van der Waals surface area (Å²) in [5, 5.41) is 0. The molecule has 2 nitrogen and oxygen atoms in total. The second kappa shape index (κ2) is 3.81. The molecule has 0 atom stereocenters. The first-order valence-corrected chi connectivity index (χ1v) is 5.26. The number of nitrogens with zero attached hydrogens (tertiary/aromatic N) is 1. The van der Waals surface area contributed by atoms with E-state index in [1.54, 1.807) is 0 Å². The number of rotatable bonds is 2. The second-order valence-corrected chi connectivity index (χ2v) is 4.43. The fourth-order valence-corrected chi connectivity index (χ4v) is 2.40. The standard InChI is InChI=1S/C11H19NO/c1-2-6-12-7-8-13-10-11(9-12)4-3-5-11/h2H,1,3-10H2. The quantitative estimate of drug-likeness (QED) is 0.601. The van der Waals surface area contributed by atoms with Crippen molar-refractivity contribution in [2.45, 2.75) is 19.3 Å². The highest BCUT2D eigenvalue weighted by Crippen LogP contribution is 2.42. The lowest BCUT2D eigenvalue weighted by atomic mass is 9.69. The monoisotopic (exact) mass is 181 g/mol. The van der Waals surface area contributed by atoms with Crippen LogP contribution in [0.2, 0.25) is 0 Å². The van der Waals surface area contributed by atoms with Gasteiger partial charge in [0.2, 0.25) is 0 Å². The second-order valence-electron chi connectivity index (χ2n) is 4.43. The van der Waals surface area contributed by atoms with Gasteiger partial charge >= 0.3 is 0 Å². The van der Waals surface area contributed by atoms with Crippen molar-refractivity contribution in [2.24, 2.45) is 5.41 Å².